The minimum atomic E-state index is -1.19. The van der Waals surface area contributed by atoms with E-state index in [1.54, 1.807) is 42.5 Å². The number of fused-ring (bicyclic) bond motifs is 4. The van der Waals surface area contributed by atoms with Crippen LogP contribution in [0.3, 0.4) is 0 Å². The Morgan fingerprint density at radius 3 is 2.27 bits per heavy atom. The number of amides is 2. The largest absolute Gasteiger partial charge is 0.422 e. The molecule has 7 rings (SSSR count). The number of rotatable bonds is 4. The molecule has 8 heteroatoms. The van der Waals surface area contributed by atoms with Crippen LogP contribution in [-0.2, 0) is 9.59 Å². The predicted molar refractivity (Wildman–Crippen MR) is 152 cm³/mol. The first-order chi connectivity index (χ1) is 19.4. The van der Waals surface area contributed by atoms with Gasteiger partial charge < -0.3 is 4.42 Å². The van der Waals surface area contributed by atoms with Crippen LogP contribution in [0.5, 0.6) is 0 Å². The van der Waals surface area contributed by atoms with E-state index in [1.807, 2.05) is 55.5 Å². The number of Topliss-reactive ketones (excluding diaryl/α,β-unsaturated/α-hetero) is 1. The highest BCUT2D eigenvalue weighted by molar-refractivity contribution is 6.53. The van der Waals surface area contributed by atoms with E-state index in [-0.39, 0.29) is 11.3 Å². The Balaban J connectivity index is 1.38. The molecule has 2 amide bonds. The van der Waals surface area contributed by atoms with E-state index in [1.165, 1.54) is 11.1 Å². The van der Waals surface area contributed by atoms with E-state index >= 15 is 0 Å². The highest BCUT2D eigenvalue weighted by Gasteiger charge is 2.58. The Morgan fingerprint density at radius 1 is 0.775 bits per heavy atom. The predicted octanol–water partition coefficient (Wildman–Crippen LogP) is 4.87. The fraction of sp³-hybridized carbons (Fsp3) is 0.0938. The van der Waals surface area contributed by atoms with Crippen molar-refractivity contribution in [3.8, 4) is 0 Å². The van der Waals surface area contributed by atoms with Crippen molar-refractivity contribution in [3.63, 3.8) is 0 Å². The second-order valence-electron chi connectivity index (χ2n) is 9.91. The van der Waals surface area contributed by atoms with Gasteiger partial charge in [-0.1, -0.05) is 66.2 Å². The quantitative estimate of drug-likeness (QED) is 0.143. The summed E-state index contributed by atoms with van der Waals surface area (Å²) < 4.78 is 5.55. The molecule has 0 aliphatic carbocycles. The summed E-state index contributed by atoms with van der Waals surface area (Å²) in [6, 6.07) is 27.4. The molecule has 3 heterocycles. The number of hydrazone groups is 1. The van der Waals surface area contributed by atoms with Crippen LogP contribution in [0, 0.1) is 12.8 Å². The molecular weight excluding hydrogens is 506 g/mol. The smallest absolute Gasteiger partial charge is 0.347 e. The second kappa shape index (κ2) is 8.84. The Labute approximate surface area is 227 Å². The molecule has 2 unspecified atom stereocenters. The van der Waals surface area contributed by atoms with E-state index in [4.69, 9.17) is 4.42 Å². The average molecular weight is 528 g/mol. The third-order valence-electron chi connectivity index (χ3n) is 7.48. The van der Waals surface area contributed by atoms with Gasteiger partial charge in [0.1, 0.15) is 28.8 Å². The van der Waals surface area contributed by atoms with E-state index in [9.17, 15) is 19.2 Å². The Morgan fingerprint density at radius 2 is 1.50 bits per heavy atom. The summed E-state index contributed by atoms with van der Waals surface area (Å²) in [6.07, 6.45) is 0. The lowest BCUT2D eigenvalue weighted by Gasteiger charge is -2.22. The minimum Gasteiger partial charge on any atom is -0.422 e. The molecule has 2 atom stereocenters. The topological polar surface area (TPSA) is 100 Å². The SMILES string of the molecule is Cc1ccc(N2C(=O)C3C(C(=O)c4cc5c(ccc6ccccc65)oc4=O)=NN(c4ccccc4)C3C2=O)cc1. The van der Waals surface area contributed by atoms with Crippen LogP contribution in [0.25, 0.3) is 21.7 Å². The van der Waals surface area contributed by atoms with Crippen LogP contribution in [0.1, 0.15) is 15.9 Å². The fourth-order valence-corrected chi connectivity index (χ4v) is 5.51. The van der Waals surface area contributed by atoms with Crippen LogP contribution < -0.4 is 15.5 Å². The molecule has 1 aromatic heterocycles. The van der Waals surface area contributed by atoms with E-state index < -0.39 is 35.2 Å². The van der Waals surface area contributed by atoms with Gasteiger partial charge in [-0.15, -0.1) is 0 Å². The molecule has 0 bridgehead atoms. The summed E-state index contributed by atoms with van der Waals surface area (Å²) in [7, 11) is 0. The summed E-state index contributed by atoms with van der Waals surface area (Å²) in [4.78, 5) is 55.7. The molecule has 0 spiro atoms. The number of ketones is 1. The summed E-state index contributed by atoms with van der Waals surface area (Å²) in [5, 5.41) is 8.22. The maximum atomic E-state index is 14.0. The first-order valence-electron chi connectivity index (χ1n) is 12.8. The van der Waals surface area contributed by atoms with Crippen LogP contribution >= 0.6 is 0 Å². The van der Waals surface area contributed by atoms with Gasteiger partial charge in [0.25, 0.3) is 5.91 Å². The van der Waals surface area contributed by atoms with Gasteiger partial charge in [0.15, 0.2) is 0 Å². The zero-order chi connectivity index (χ0) is 27.5. The van der Waals surface area contributed by atoms with E-state index in [2.05, 4.69) is 5.10 Å². The maximum absolute atomic E-state index is 14.0. The molecule has 5 aromatic rings. The van der Waals surface area contributed by atoms with Crippen molar-refractivity contribution in [1.82, 2.24) is 0 Å². The van der Waals surface area contributed by atoms with Gasteiger partial charge in [-0.3, -0.25) is 19.4 Å². The van der Waals surface area contributed by atoms with Crippen molar-refractivity contribution in [1.29, 1.82) is 0 Å². The van der Waals surface area contributed by atoms with Crippen molar-refractivity contribution in [2.24, 2.45) is 11.0 Å². The van der Waals surface area contributed by atoms with Crippen LogP contribution in [0.15, 0.2) is 111 Å². The Kier molecular flexibility index (Phi) is 5.25. The van der Waals surface area contributed by atoms with E-state index in [0.29, 0.717) is 22.3 Å². The van der Waals surface area contributed by atoms with Gasteiger partial charge in [0.2, 0.25) is 11.7 Å². The van der Waals surface area contributed by atoms with Gasteiger partial charge >= 0.3 is 5.63 Å². The number of anilines is 2. The fourth-order valence-electron chi connectivity index (χ4n) is 5.51. The highest BCUT2D eigenvalue weighted by atomic mass is 16.4. The molecule has 0 N–H and O–H groups in total. The van der Waals surface area contributed by atoms with Gasteiger partial charge in [0, 0.05) is 5.39 Å². The second-order valence-corrected chi connectivity index (χ2v) is 9.91. The summed E-state index contributed by atoms with van der Waals surface area (Å²) in [5.41, 5.74) is 1.02. The molecule has 1 fully saturated rings. The standard InChI is InChI=1S/C32H21N3O5/c1-18-11-14-20(15-12-18)34-30(37)26-27(33-35(28(26)31(34)38)21-8-3-2-4-9-21)29(36)24-17-23-22-10-6-5-7-19(22)13-16-25(23)40-32(24)39/h2-17,26,28H,1H3. The third kappa shape index (κ3) is 3.50. The molecule has 8 nitrogen and oxygen atoms in total. The van der Waals surface area contributed by atoms with Crippen molar-refractivity contribution >= 4 is 56.4 Å². The Bertz CT molecular complexity index is 1960. The Hall–Kier alpha value is -5.37. The molecule has 194 valence electrons. The van der Waals surface area contributed by atoms with Gasteiger partial charge in [-0.05, 0) is 54.1 Å². The number of aryl methyl sites for hydroxylation is 1. The monoisotopic (exact) mass is 527 g/mol. The zero-order valence-electron chi connectivity index (χ0n) is 21.3. The van der Waals surface area contributed by atoms with Crippen LogP contribution in [0.2, 0.25) is 0 Å². The number of hydrogen-bond acceptors (Lipinski definition) is 7. The van der Waals surface area contributed by atoms with Crippen molar-refractivity contribution < 1.29 is 18.8 Å². The average Bonchev–Trinajstić information content (AvgIpc) is 3.49. The normalized spacial score (nSPS) is 18.5. The lowest BCUT2D eigenvalue weighted by atomic mass is 9.92. The molecular formula is C32H21N3O5. The maximum Gasteiger partial charge on any atom is 0.347 e. The summed E-state index contributed by atoms with van der Waals surface area (Å²) >= 11 is 0. The number of carbonyl (C=O) groups excluding carboxylic acids is 3. The minimum absolute atomic E-state index is 0.172. The number of benzene rings is 4. The summed E-state index contributed by atoms with van der Waals surface area (Å²) in [6.45, 7) is 1.91. The first kappa shape index (κ1) is 23.7. The molecule has 40 heavy (non-hydrogen) atoms. The van der Waals surface area contributed by atoms with Crippen LogP contribution in [-0.4, -0.2) is 29.4 Å². The molecule has 2 aliphatic heterocycles. The number of hydrogen-bond donors (Lipinski definition) is 0. The van der Waals surface area contributed by atoms with Crippen molar-refractivity contribution in [2.45, 2.75) is 13.0 Å². The lowest BCUT2D eigenvalue weighted by molar-refractivity contribution is -0.121. The van der Waals surface area contributed by atoms with Gasteiger partial charge in [0.05, 0.1) is 11.4 Å². The molecule has 2 aliphatic rings. The number of carbonyl (C=O) groups is 3. The first-order valence-corrected chi connectivity index (χ1v) is 12.8. The van der Waals surface area contributed by atoms with Gasteiger partial charge in [-0.25, -0.2) is 9.69 Å². The molecule has 0 radical (unpaired) electrons. The third-order valence-corrected chi connectivity index (χ3v) is 7.48. The molecule has 1 saturated heterocycles. The number of imide groups is 1. The molecule has 0 saturated carbocycles. The highest BCUT2D eigenvalue weighted by Crippen LogP contribution is 2.38. The zero-order valence-corrected chi connectivity index (χ0v) is 21.3. The van der Waals surface area contributed by atoms with Crippen molar-refractivity contribution in [2.75, 3.05) is 9.91 Å². The summed E-state index contributed by atoms with van der Waals surface area (Å²) in [5.74, 6) is -3.00. The lowest BCUT2D eigenvalue weighted by Crippen LogP contribution is -2.39. The number of nitrogens with zero attached hydrogens (tertiary/aromatic N) is 3. The van der Waals surface area contributed by atoms with Crippen molar-refractivity contribution in [3.05, 3.63) is 119 Å². The number of para-hydroxylation sites is 1. The van der Waals surface area contributed by atoms with Crippen LogP contribution in [0.4, 0.5) is 11.4 Å². The van der Waals surface area contributed by atoms with E-state index in [0.717, 1.165) is 21.2 Å². The van der Waals surface area contributed by atoms with Gasteiger partial charge in [-0.2, -0.15) is 5.10 Å². The molecule has 4 aromatic carbocycles.